The molecule has 2 aromatic rings. The molecule has 0 aliphatic heterocycles. The molecule has 0 fully saturated rings. The van der Waals surface area contributed by atoms with Crippen molar-refractivity contribution in [2.75, 3.05) is 5.32 Å². The predicted molar refractivity (Wildman–Crippen MR) is 68.8 cm³/mol. The number of nitrogens with one attached hydrogen (secondary N) is 1. The number of carbonyl (C=O) groups is 2. The number of carboxylic acid groups (broad SMARTS) is 1. The first-order valence-electron chi connectivity index (χ1n) is 5.86. The summed E-state index contributed by atoms with van der Waals surface area (Å²) < 4.78 is 14.3. The Balaban J connectivity index is 2.01. The number of hydrogen-bond donors (Lipinski definition) is 2. The molecule has 0 aliphatic carbocycles. The van der Waals surface area contributed by atoms with Gasteiger partial charge in [-0.2, -0.15) is 5.10 Å². The smallest absolute Gasteiger partial charge is 0.305 e. The maximum atomic E-state index is 13.0. The highest BCUT2D eigenvalue weighted by atomic mass is 19.1. The van der Waals surface area contributed by atoms with E-state index >= 15 is 0 Å². The van der Waals surface area contributed by atoms with Gasteiger partial charge in [0.25, 0.3) is 5.91 Å². The van der Waals surface area contributed by atoms with Gasteiger partial charge in [0.1, 0.15) is 5.82 Å². The number of amides is 1. The van der Waals surface area contributed by atoms with E-state index in [4.69, 9.17) is 5.11 Å². The molecule has 0 saturated heterocycles. The number of nitrogens with zero attached hydrogens (tertiary/aromatic N) is 2. The van der Waals surface area contributed by atoms with Crippen LogP contribution in [-0.2, 0) is 11.3 Å². The molecule has 20 heavy (non-hydrogen) atoms. The third kappa shape index (κ3) is 3.64. The van der Waals surface area contributed by atoms with Crippen LogP contribution in [0.4, 0.5) is 10.1 Å². The van der Waals surface area contributed by atoms with Crippen molar-refractivity contribution in [1.82, 2.24) is 9.78 Å². The van der Waals surface area contributed by atoms with Gasteiger partial charge >= 0.3 is 5.97 Å². The van der Waals surface area contributed by atoms with Crippen LogP contribution in [0.15, 0.2) is 36.7 Å². The lowest BCUT2D eigenvalue weighted by Crippen LogP contribution is -2.11. The standard InChI is InChI=1S/C13H12FN3O3/c14-10-2-1-3-11(6-10)16-13(20)9-7-15-17(8-9)5-4-12(18)19/h1-3,6-8H,4-5H2,(H,16,20)(H,18,19). The lowest BCUT2D eigenvalue weighted by Gasteiger charge is -2.03. The van der Waals surface area contributed by atoms with Gasteiger partial charge in [0.05, 0.1) is 24.7 Å². The monoisotopic (exact) mass is 277 g/mol. The highest BCUT2D eigenvalue weighted by molar-refractivity contribution is 6.03. The van der Waals surface area contributed by atoms with Gasteiger partial charge in [-0.3, -0.25) is 14.3 Å². The third-order valence-corrected chi connectivity index (χ3v) is 2.53. The number of aryl methyl sites for hydroxylation is 1. The Morgan fingerprint density at radius 1 is 1.40 bits per heavy atom. The number of benzene rings is 1. The molecule has 1 heterocycles. The third-order valence-electron chi connectivity index (χ3n) is 2.53. The van der Waals surface area contributed by atoms with Gasteiger partial charge in [0, 0.05) is 11.9 Å². The van der Waals surface area contributed by atoms with Gasteiger partial charge in [-0.15, -0.1) is 0 Å². The van der Waals surface area contributed by atoms with Crippen molar-refractivity contribution >= 4 is 17.6 Å². The Kier molecular flexibility index (Phi) is 4.09. The zero-order valence-electron chi connectivity index (χ0n) is 10.4. The molecule has 0 atom stereocenters. The van der Waals surface area contributed by atoms with Gasteiger partial charge in [-0.25, -0.2) is 4.39 Å². The number of carboxylic acids is 1. The number of anilines is 1. The highest BCUT2D eigenvalue weighted by Gasteiger charge is 2.10. The van der Waals surface area contributed by atoms with Crippen LogP contribution >= 0.6 is 0 Å². The molecule has 1 aromatic heterocycles. The quantitative estimate of drug-likeness (QED) is 0.872. The molecule has 0 aliphatic rings. The van der Waals surface area contributed by atoms with E-state index in [1.165, 1.54) is 35.3 Å². The lowest BCUT2D eigenvalue weighted by molar-refractivity contribution is -0.137. The second kappa shape index (κ2) is 5.96. The minimum atomic E-state index is -0.939. The van der Waals surface area contributed by atoms with Crippen molar-refractivity contribution in [2.24, 2.45) is 0 Å². The van der Waals surface area contributed by atoms with Gasteiger partial charge < -0.3 is 10.4 Å². The van der Waals surface area contributed by atoms with Crippen LogP contribution in [0, 0.1) is 5.82 Å². The Labute approximate surface area is 113 Å². The second-order valence-electron chi connectivity index (χ2n) is 4.10. The van der Waals surface area contributed by atoms with E-state index in [1.54, 1.807) is 6.07 Å². The summed E-state index contributed by atoms with van der Waals surface area (Å²) in [5, 5.41) is 15.0. The van der Waals surface area contributed by atoms with Crippen LogP contribution in [0.2, 0.25) is 0 Å². The van der Waals surface area contributed by atoms with Crippen LogP contribution in [-0.4, -0.2) is 26.8 Å². The number of hydrogen-bond acceptors (Lipinski definition) is 3. The normalized spacial score (nSPS) is 10.2. The fourth-order valence-corrected chi connectivity index (χ4v) is 1.58. The molecule has 104 valence electrons. The van der Waals surface area contributed by atoms with Gasteiger partial charge in [-0.05, 0) is 18.2 Å². The van der Waals surface area contributed by atoms with E-state index in [1.807, 2.05) is 0 Å². The Bertz CT molecular complexity index is 639. The number of aliphatic carboxylic acids is 1. The van der Waals surface area contributed by atoms with Crippen molar-refractivity contribution < 1.29 is 19.1 Å². The van der Waals surface area contributed by atoms with Crippen LogP contribution in [0.5, 0.6) is 0 Å². The van der Waals surface area contributed by atoms with Crippen LogP contribution in [0.3, 0.4) is 0 Å². The molecule has 0 unspecified atom stereocenters. The molecule has 1 aromatic carbocycles. The average Bonchev–Trinajstić information content (AvgIpc) is 2.85. The van der Waals surface area contributed by atoms with E-state index < -0.39 is 17.7 Å². The fourth-order valence-electron chi connectivity index (χ4n) is 1.58. The second-order valence-corrected chi connectivity index (χ2v) is 4.10. The van der Waals surface area contributed by atoms with Crippen molar-refractivity contribution in [1.29, 1.82) is 0 Å². The maximum absolute atomic E-state index is 13.0. The van der Waals surface area contributed by atoms with Gasteiger partial charge in [-0.1, -0.05) is 6.07 Å². The molecule has 0 saturated carbocycles. The summed E-state index contributed by atoms with van der Waals surface area (Å²) in [6.45, 7) is 0.183. The summed E-state index contributed by atoms with van der Waals surface area (Å²) in [5.41, 5.74) is 0.618. The highest BCUT2D eigenvalue weighted by Crippen LogP contribution is 2.11. The lowest BCUT2D eigenvalue weighted by atomic mass is 10.3. The zero-order chi connectivity index (χ0) is 14.5. The summed E-state index contributed by atoms with van der Waals surface area (Å²) in [5.74, 6) is -1.82. The minimum Gasteiger partial charge on any atom is -0.481 e. The number of rotatable bonds is 5. The van der Waals surface area contributed by atoms with Gasteiger partial charge in [0.2, 0.25) is 0 Å². The van der Waals surface area contributed by atoms with Crippen molar-refractivity contribution in [3.8, 4) is 0 Å². The summed E-state index contributed by atoms with van der Waals surface area (Å²) in [6, 6.07) is 5.53. The fraction of sp³-hybridized carbons (Fsp3) is 0.154. The first-order chi connectivity index (χ1) is 9.54. The predicted octanol–water partition coefficient (Wildman–Crippen LogP) is 1.75. The molecular formula is C13H12FN3O3. The number of aromatic nitrogens is 2. The average molecular weight is 277 g/mol. The molecule has 7 heteroatoms. The molecular weight excluding hydrogens is 265 g/mol. The first-order valence-corrected chi connectivity index (χ1v) is 5.86. The molecule has 0 spiro atoms. The molecule has 2 N–H and O–H groups in total. The largest absolute Gasteiger partial charge is 0.481 e. The number of halogens is 1. The van der Waals surface area contributed by atoms with Crippen molar-refractivity contribution in [3.05, 3.63) is 48.0 Å². The molecule has 6 nitrogen and oxygen atoms in total. The summed E-state index contributed by atoms with van der Waals surface area (Å²) in [6.07, 6.45) is 2.70. The van der Waals surface area contributed by atoms with Crippen LogP contribution < -0.4 is 5.32 Å². The summed E-state index contributed by atoms with van der Waals surface area (Å²) in [4.78, 5) is 22.3. The van der Waals surface area contributed by atoms with Crippen LogP contribution in [0.25, 0.3) is 0 Å². The van der Waals surface area contributed by atoms with E-state index in [-0.39, 0.29) is 18.5 Å². The van der Waals surface area contributed by atoms with E-state index in [0.29, 0.717) is 5.69 Å². The maximum Gasteiger partial charge on any atom is 0.305 e. The SMILES string of the molecule is O=C(O)CCn1cc(C(=O)Nc2cccc(F)c2)cn1. The molecule has 0 radical (unpaired) electrons. The summed E-state index contributed by atoms with van der Waals surface area (Å²) >= 11 is 0. The number of carbonyl (C=O) groups excluding carboxylic acids is 1. The van der Waals surface area contributed by atoms with Crippen molar-refractivity contribution in [3.63, 3.8) is 0 Å². The van der Waals surface area contributed by atoms with E-state index in [2.05, 4.69) is 10.4 Å². The van der Waals surface area contributed by atoms with Crippen LogP contribution in [0.1, 0.15) is 16.8 Å². The Morgan fingerprint density at radius 3 is 2.90 bits per heavy atom. The Morgan fingerprint density at radius 2 is 2.20 bits per heavy atom. The summed E-state index contributed by atoms with van der Waals surface area (Å²) in [7, 11) is 0. The molecule has 0 bridgehead atoms. The van der Waals surface area contributed by atoms with Gasteiger partial charge in [0.15, 0.2) is 0 Å². The topological polar surface area (TPSA) is 84.2 Å². The Hall–Kier alpha value is -2.70. The van der Waals surface area contributed by atoms with E-state index in [9.17, 15) is 14.0 Å². The van der Waals surface area contributed by atoms with E-state index in [0.717, 1.165) is 0 Å². The minimum absolute atomic E-state index is 0.0768. The molecule has 2 rings (SSSR count). The zero-order valence-corrected chi connectivity index (χ0v) is 10.4. The first kappa shape index (κ1) is 13.7. The van der Waals surface area contributed by atoms with Crippen molar-refractivity contribution in [2.45, 2.75) is 13.0 Å². The molecule has 1 amide bonds.